The van der Waals surface area contributed by atoms with Crippen LogP contribution in [0.4, 0.5) is 0 Å². The van der Waals surface area contributed by atoms with Gasteiger partial charge in [-0.05, 0) is 17.5 Å². The fourth-order valence-electron chi connectivity index (χ4n) is 1.73. The average Bonchev–Trinajstić information content (AvgIpc) is 2.77. The zero-order chi connectivity index (χ0) is 14.0. The molecule has 5 N–H and O–H groups in total. The molecule has 2 rings (SSSR count). The van der Waals surface area contributed by atoms with Crippen LogP contribution in [0.2, 0.25) is 0 Å². The minimum atomic E-state index is -4.66. The summed E-state index contributed by atoms with van der Waals surface area (Å²) >= 11 is 0. The number of hydrogen-bond acceptors (Lipinski definition) is 4. The second-order valence-corrected chi connectivity index (χ2v) is 5.35. The van der Waals surface area contributed by atoms with E-state index in [1.54, 1.807) is 6.07 Å². The van der Waals surface area contributed by atoms with E-state index in [0.717, 1.165) is 10.9 Å². The molecule has 0 radical (unpaired) electrons. The fraction of sp³-hybridized carbons (Fsp3) is 0.273. The van der Waals surface area contributed by atoms with Crippen LogP contribution in [0.5, 0.6) is 0 Å². The highest BCUT2D eigenvalue weighted by atomic mass is 31.2. The lowest BCUT2D eigenvalue weighted by Crippen LogP contribution is -2.23. The first-order valence-corrected chi connectivity index (χ1v) is 7.04. The van der Waals surface area contributed by atoms with Gasteiger partial charge in [-0.15, -0.1) is 0 Å². The smallest absolute Gasteiger partial charge is 0.388 e. The van der Waals surface area contributed by atoms with E-state index in [-0.39, 0.29) is 0 Å². The minimum absolute atomic E-state index is 0.350. The summed E-state index contributed by atoms with van der Waals surface area (Å²) in [5, 5.41) is 20.4. The molecule has 0 amide bonds. The average molecular weight is 287 g/mol. The van der Waals surface area contributed by atoms with Gasteiger partial charge in [-0.25, -0.2) is 4.57 Å². The summed E-state index contributed by atoms with van der Waals surface area (Å²) < 4.78 is 14.7. The third kappa shape index (κ3) is 3.63. The Hall–Kier alpha value is -1.21. The second kappa shape index (κ2) is 5.42. The van der Waals surface area contributed by atoms with E-state index < -0.39 is 26.6 Å². The van der Waals surface area contributed by atoms with Crippen molar-refractivity contribution >= 4 is 18.7 Å². The molecule has 2 atom stereocenters. The second-order valence-electron chi connectivity index (χ2n) is 4.11. The molecule has 8 heteroatoms. The number of phosphoric ester groups is 1. The number of rotatable bonds is 5. The van der Waals surface area contributed by atoms with Gasteiger partial charge in [0.2, 0.25) is 0 Å². The lowest BCUT2D eigenvalue weighted by Gasteiger charge is -2.16. The SMILES string of the molecule is O=P(O)(O)OCC(O)C(O)c1cc2ccccc2[nH]1. The number of phosphoric acid groups is 1. The van der Waals surface area contributed by atoms with Gasteiger partial charge in [-0.2, -0.15) is 0 Å². The van der Waals surface area contributed by atoms with E-state index in [9.17, 15) is 14.8 Å². The maximum Gasteiger partial charge on any atom is 0.469 e. The molecule has 0 aliphatic carbocycles. The van der Waals surface area contributed by atoms with Gasteiger partial charge in [0.25, 0.3) is 0 Å². The molecule has 2 aromatic rings. The third-order valence-corrected chi connectivity index (χ3v) is 3.13. The molecule has 0 bridgehead atoms. The molecular weight excluding hydrogens is 273 g/mol. The number of aliphatic hydroxyl groups is 2. The lowest BCUT2D eigenvalue weighted by molar-refractivity contribution is -0.0166. The highest BCUT2D eigenvalue weighted by Gasteiger charge is 2.24. The highest BCUT2D eigenvalue weighted by molar-refractivity contribution is 7.46. The van der Waals surface area contributed by atoms with Crippen LogP contribution >= 0.6 is 7.82 Å². The number of aromatic nitrogens is 1. The van der Waals surface area contributed by atoms with Gasteiger partial charge in [0.05, 0.1) is 6.61 Å². The first kappa shape index (κ1) is 14.2. The van der Waals surface area contributed by atoms with E-state index in [1.165, 1.54) is 0 Å². The van der Waals surface area contributed by atoms with Gasteiger partial charge in [0.1, 0.15) is 12.2 Å². The maximum absolute atomic E-state index is 10.5. The quantitative estimate of drug-likeness (QED) is 0.515. The molecule has 2 unspecified atom stereocenters. The number of fused-ring (bicyclic) bond motifs is 1. The number of aliphatic hydroxyl groups excluding tert-OH is 2. The van der Waals surface area contributed by atoms with Crippen LogP contribution in [-0.2, 0) is 9.09 Å². The molecule has 0 saturated carbocycles. The van der Waals surface area contributed by atoms with Crippen LogP contribution in [0.1, 0.15) is 11.8 Å². The Kier molecular flexibility index (Phi) is 4.05. The highest BCUT2D eigenvalue weighted by Crippen LogP contribution is 2.36. The zero-order valence-electron chi connectivity index (χ0n) is 9.80. The predicted octanol–water partition coefficient (Wildman–Crippen LogP) is 0.671. The van der Waals surface area contributed by atoms with Gasteiger partial charge >= 0.3 is 7.82 Å². The molecule has 0 spiro atoms. The van der Waals surface area contributed by atoms with E-state index in [0.29, 0.717) is 5.69 Å². The van der Waals surface area contributed by atoms with Gasteiger partial charge in [0.15, 0.2) is 0 Å². The number of benzene rings is 1. The number of para-hydroxylation sites is 1. The predicted molar refractivity (Wildman–Crippen MR) is 67.3 cm³/mol. The molecule has 1 heterocycles. The van der Waals surface area contributed by atoms with Crippen LogP contribution in [-0.4, -0.2) is 37.7 Å². The normalized spacial score (nSPS) is 15.6. The van der Waals surface area contributed by atoms with Gasteiger partial charge in [-0.1, -0.05) is 18.2 Å². The largest absolute Gasteiger partial charge is 0.469 e. The lowest BCUT2D eigenvalue weighted by atomic mass is 10.1. The number of aromatic amines is 1. The van der Waals surface area contributed by atoms with E-state index >= 15 is 0 Å². The number of hydrogen-bond donors (Lipinski definition) is 5. The molecule has 0 aliphatic rings. The Morgan fingerprint density at radius 2 is 1.95 bits per heavy atom. The summed E-state index contributed by atoms with van der Waals surface area (Å²) in [6, 6.07) is 8.95. The summed E-state index contributed by atoms with van der Waals surface area (Å²) in [7, 11) is -4.66. The summed E-state index contributed by atoms with van der Waals surface area (Å²) in [6.07, 6.45) is -2.76. The van der Waals surface area contributed by atoms with Crippen molar-refractivity contribution in [3.05, 3.63) is 36.0 Å². The Morgan fingerprint density at radius 3 is 2.58 bits per heavy atom. The Bertz CT molecular complexity index is 573. The van der Waals surface area contributed by atoms with Crippen molar-refractivity contribution in [1.82, 2.24) is 4.98 Å². The van der Waals surface area contributed by atoms with Crippen molar-refractivity contribution in [2.24, 2.45) is 0 Å². The van der Waals surface area contributed by atoms with Crippen molar-refractivity contribution in [2.75, 3.05) is 6.61 Å². The standard InChI is InChI=1S/C11H14NO6P/c13-10(6-18-19(15,16)17)11(14)9-5-7-3-1-2-4-8(7)12-9/h1-5,10-14H,6H2,(H2,15,16,17). The Balaban J connectivity index is 2.10. The van der Waals surface area contributed by atoms with E-state index in [1.807, 2.05) is 24.3 Å². The molecule has 0 saturated heterocycles. The van der Waals surface area contributed by atoms with Crippen LogP contribution in [0.25, 0.3) is 10.9 Å². The van der Waals surface area contributed by atoms with Gasteiger partial charge in [0, 0.05) is 11.2 Å². The molecule has 1 aromatic carbocycles. The summed E-state index contributed by atoms with van der Waals surface area (Å²) in [5.74, 6) is 0. The molecule has 0 aliphatic heterocycles. The van der Waals surface area contributed by atoms with Crippen LogP contribution < -0.4 is 0 Å². The first-order chi connectivity index (χ1) is 8.87. The van der Waals surface area contributed by atoms with Gasteiger partial charge in [-0.3, -0.25) is 4.52 Å². The fourth-order valence-corrected chi connectivity index (χ4v) is 2.07. The van der Waals surface area contributed by atoms with Crippen molar-refractivity contribution in [3.63, 3.8) is 0 Å². The topological polar surface area (TPSA) is 123 Å². The van der Waals surface area contributed by atoms with Crippen molar-refractivity contribution in [1.29, 1.82) is 0 Å². The van der Waals surface area contributed by atoms with Crippen molar-refractivity contribution < 1.29 is 29.1 Å². The van der Waals surface area contributed by atoms with Gasteiger partial charge < -0.3 is 25.0 Å². The molecule has 0 fully saturated rings. The molecule has 104 valence electrons. The molecule has 1 aromatic heterocycles. The summed E-state index contributed by atoms with van der Waals surface area (Å²) in [5.41, 5.74) is 1.14. The molecular formula is C11H14NO6P. The Labute approximate surface area is 108 Å². The zero-order valence-corrected chi connectivity index (χ0v) is 10.7. The van der Waals surface area contributed by atoms with Crippen molar-refractivity contribution in [2.45, 2.75) is 12.2 Å². The van der Waals surface area contributed by atoms with E-state index in [4.69, 9.17) is 9.79 Å². The Morgan fingerprint density at radius 1 is 1.26 bits per heavy atom. The van der Waals surface area contributed by atoms with Crippen LogP contribution in [0.15, 0.2) is 30.3 Å². The van der Waals surface area contributed by atoms with Crippen molar-refractivity contribution in [3.8, 4) is 0 Å². The molecule has 7 nitrogen and oxygen atoms in total. The first-order valence-electron chi connectivity index (χ1n) is 5.51. The van der Waals surface area contributed by atoms with E-state index in [2.05, 4.69) is 9.51 Å². The number of nitrogens with one attached hydrogen (secondary N) is 1. The minimum Gasteiger partial charge on any atom is -0.388 e. The molecule has 19 heavy (non-hydrogen) atoms. The van der Waals surface area contributed by atoms with Crippen LogP contribution in [0.3, 0.4) is 0 Å². The number of H-pyrrole nitrogens is 1. The summed E-state index contributed by atoms with van der Waals surface area (Å²) in [6.45, 7) is -0.666. The summed E-state index contributed by atoms with van der Waals surface area (Å²) in [4.78, 5) is 20.0. The third-order valence-electron chi connectivity index (χ3n) is 2.65. The maximum atomic E-state index is 10.5. The van der Waals surface area contributed by atoms with Crippen LogP contribution in [0, 0.1) is 0 Å². The monoisotopic (exact) mass is 287 g/mol.